The summed E-state index contributed by atoms with van der Waals surface area (Å²) in [6.45, 7) is 12.4. The van der Waals surface area contributed by atoms with Gasteiger partial charge in [-0.1, -0.05) is 52.0 Å². The van der Waals surface area contributed by atoms with Gasteiger partial charge in [0.1, 0.15) is 0 Å². The molecule has 0 aliphatic carbocycles. The van der Waals surface area contributed by atoms with Crippen LogP contribution in [0.15, 0.2) is 48.5 Å². The zero-order chi connectivity index (χ0) is 21.9. The number of methoxy groups -OCH3 is 1. The van der Waals surface area contributed by atoms with Gasteiger partial charge in [-0.05, 0) is 47.2 Å². The first kappa shape index (κ1) is 23.9. The molecule has 0 atom stereocenters. The number of carbonyl (C=O) groups excluding carboxylic acids is 1. The van der Waals surface area contributed by atoms with Crippen LogP contribution in [0.3, 0.4) is 0 Å². The van der Waals surface area contributed by atoms with Crippen LogP contribution in [0.2, 0.25) is 0 Å². The number of nitrogens with zero attached hydrogens (tertiary/aromatic N) is 1. The van der Waals surface area contributed by atoms with Crippen LogP contribution in [-0.4, -0.2) is 45.8 Å². The fraction of sp³-hybridized carbons (Fsp3) is 0.480. The van der Waals surface area contributed by atoms with Gasteiger partial charge in [0.2, 0.25) is 5.91 Å². The molecule has 0 saturated carbocycles. The minimum absolute atomic E-state index is 0.159. The van der Waals surface area contributed by atoms with E-state index in [2.05, 4.69) is 74.7 Å². The maximum absolute atomic E-state index is 11.7. The Bertz CT molecular complexity index is 789. The Labute approximate surface area is 181 Å². The van der Waals surface area contributed by atoms with E-state index in [0.717, 1.165) is 31.9 Å². The van der Waals surface area contributed by atoms with Crippen LogP contribution < -0.4 is 15.5 Å². The molecule has 2 aromatic carbocycles. The summed E-state index contributed by atoms with van der Waals surface area (Å²) in [5, 5.41) is 6.40. The lowest BCUT2D eigenvalue weighted by Crippen LogP contribution is -2.48. The first-order valence-corrected chi connectivity index (χ1v) is 10.9. The third-order valence-corrected chi connectivity index (χ3v) is 5.13. The molecule has 5 heteroatoms. The van der Waals surface area contributed by atoms with Gasteiger partial charge in [0, 0.05) is 38.1 Å². The first-order valence-electron chi connectivity index (χ1n) is 10.9. The predicted octanol–water partition coefficient (Wildman–Crippen LogP) is 4.61. The van der Waals surface area contributed by atoms with Crippen molar-refractivity contribution >= 4 is 17.3 Å². The Morgan fingerprint density at radius 3 is 2.33 bits per heavy atom. The second-order valence-corrected chi connectivity index (χ2v) is 8.17. The zero-order valence-electron chi connectivity index (χ0n) is 19.1. The summed E-state index contributed by atoms with van der Waals surface area (Å²) >= 11 is 0. The summed E-state index contributed by atoms with van der Waals surface area (Å²) in [6, 6.07) is 16.8. The topological polar surface area (TPSA) is 53.6 Å². The zero-order valence-corrected chi connectivity index (χ0v) is 19.1. The predicted molar refractivity (Wildman–Crippen MR) is 127 cm³/mol. The number of amides is 1. The third kappa shape index (κ3) is 7.47. The molecule has 30 heavy (non-hydrogen) atoms. The summed E-state index contributed by atoms with van der Waals surface area (Å²) in [5.74, 6) is 1.24. The van der Waals surface area contributed by atoms with Gasteiger partial charge in [-0.15, -0.1) is 0 Å². The lowest BCUT2D eigenvalue weighted by Gasteiger charge is -2.28. The van der Waals surface area contributed by atoms with Crippen molar-refractivity contribution in [1.82, 2.24) is 5.32 Å². The number of anilines is 2. The Hall–Kier alpha value is -2.37. The Balaban J connectivity index is 0.000000216. The summed E-state index contributed by atoms with van der Waals surface area (Å²) in [6.07, 6.45) is 0. The number of carbonyl (C=O) groups is 1. The fourth-order valence-electron chi connectivity index (χ4n) is 3.24. The molecule has 5 nitrogen and oxygen atoms in total. The summed E-state index contributed by atoms with van der Waals surface area (Å²) < 4.78 is 4.98. The molecule has 0 spiro atoms. The Kier molecular flexibility index (Phi) is 9.84. The van der Waals surface area contributed by atoms with E-state index in [0.29, 0.717) is 18.4 Å². The monoisotopic (exact) mass is 411 g/mol. The van der Waals surface area contributed by atoms with Crippen molar-refractivity contribution in [1.29, 1.82) is 0 Å². The number of hydrogen-bond donors (Lipinski definition) is 2. The van der Waals surface area contributed by atoms with Crippen LogP contribution in [0, 0.1) is 0 Å². The highest BCUT2D eigenvalue weighted by atomic mass is 16.5. The molecule has 2 N–H and O–H groups in total. The van der Waals surface area contributed by atoms with E-state index in [-0.39, 0.29) is 5.91 Å². The second kappa shape index (κ2) is 12.4. The number of hydrogen-bond acceptors (Lipinski definition) is 4. The van der Waals surface area contributed by atoms with E-state index in [1.807, 2.05) is 17.0 Å². The highest BCUT2D eigenvalue weighted by Crippen LogP contribution is 2.22. The van der Waals surface area contributed by atoms with Crippen LogP contribution in [0.5, 0.6) is 0 Å². The molecule has 1 heterocycles. The minimum atomic E-state index is 0.159. The molecule has 1 aliphatic heterocycles. The van der Waals surface area contributed by atoms with Crippen molar-refractivity contribution in [2.24, 2.45) is 0 Å². The smallest absolute Gasteiger partial charge is 0.240 e. The minimum Gasteiger partial charge on any atom is -0.383 e. The molecule has 164 valence electrons. The number of nitrogens with one attached hydrogen (secondary N) is 2. The summed E-state index contributed by atoms with van der Waals surface area (Å²) in [7, 11) is 1.71. The highest BCUT2D eigenvalue weighted by molar-refractivity contribution is 5.95. The lowest BCUT2D eigenvalue weighted by atomic mass is 10.0. The molecule has 2 aromatic rings. The van der Waals surface area contributed by atoms with Crippen LogP contribution in [0.1, 0.15) is 50.7 Å². The summed E-state index contributed by atoms with van der Waals surface area (Å²) in [4.78, 5) is 13.6. The van der Waals surface area contributed by atoms with Gasteiger partial charge in [0.05, 0.1) is 13.2 Å². The van der Waals surface area contributed by atoms with Crippen LogP contribution in [0.4, 0.5) is 11.4 Å². The molecule has 0 unspecified atom stereocenters. The highest BCUT2D eigenvalue weighted by Gasteiger charge is 2.19. The molecule has 0 aromatic heterocycles. The summed E-state index contributed by atoms with van der Waals surface area (Å²) in [5.41, 5.74) is 4.85. The van der Waals surface area contributed by atoms with Crippen LogP contribution in [0.25, 0.3) is 0 Å². The van der Waals surface area contributed by atoms with Crippen LogP contribution in [-0.2, 0) is 9.53 Å². The second-order valence-electron chi connectivity index (χ2n) is 8.17. The molecule has 1 fully saturated rings. The van der Waals surface area contributed by atoms with Gasteiger partial charge < -0.3 is 20.3 Å². The van der Waals surface area contributed by atoms with Gasteiger partial charge in [0.25, 0.3) is 0 Å². The van der Waals surface area contributed by atoms with Gasteiger partial charge in [0.15, 0.2) is 0 Å². The quantitative estimate of drug-likeness (QED) is 0.653. The maximum Gasteiger partial charge on any atom is 0.240 e. The van der Waals surface area contributed by atoms with Gasteiger partial charge in [-0.25, -0.2) is 0 Å². The maximum atomic E-state index is 11.7. The molecule has 0 radical (unpaired) electrons. The Morgan fingerprint density at radius 1 is 1.03 bits per heavy atom. The molecule has 1 aliphatic rings. The van der Waals surface area contributed by atoms with E-state index >= 15 is 0 Å². The largest absolute Gasteiger partial charge is 0.383 e. The van der Waals surface area contributed by atoms with E-state index in [4.69, 9.17) is 4.74 Å². The molecule has 1 saturated heterocycles. The third-order valence-electron chi connectivity index (χ3n) is 5.13. The van der Waals surface area contributed by atoms with Crippen molar-refractivity contribution in [2.45, 2.75) is 39.5 Å². The molecular weight excluding hydrogens is 374 g/mol. The fourth-order valence-corrected chi connectivity index (χ4v) is 3.24. The standard InChI is InChI=1S/C13H18N2O.C12H19NO/c1-10(2)11-4-3-5-12(8-11)15-7-6-14-9-13(15)16;1-10(2)11-5-4-6-12(9-11)13-7-8-14-3/h3-5,8,10,14H,6-7,9H2,1-2H3;4-6,9-10,13H,7-8H2,1-3H3. The van der Waals surface area contributed by atoms with Crippen molar-refractivity contribution in [2.75, 3.05) is 50.1 Å². The molecule has 0 bridgehead atoms. The average Bonchev–Trinajstić information content (AvgIpc) is 2.75. The van der Waals surface area contributed by atoms with E-state index < -0.39 is 0 Å². The molecule has 3 rings (SSSR count). The lowest BCUT2D eigenvalue weighted by molar-refractivity contribution is -0.118. The van der Waals surface area contributed by atoms with Gasteiger partial charge >= 0.3 is 0 Å². The number of rotatable bonds is 7. The van der Waals surface area contributed by atoms with Gasteiger partial charge in [-0.3, -0.25) is 4.79 Å². The van der Waals surface area contributed by atoms with E-state index in [1.165, 1.54) is 16.8 Å². The van der Waals surface area contributed by atoms with Crippen molar-refractivity contribution in [3.05, 3.63) is 59.7 Å². The normalized spacial score (nSPS) is 14.0. The Morgan fingerprint density at radius 2 is 1.70 bits per heavy atom. The first-order chi connectivity index (χ1) is 14.4. The average molecular weight is 412 g/mol. The van der Waals surface area contributed by atoms with Crippen molar-refractivity contribution in [3.63, 3.8) is 0 Å². The van der Waals surface area contributed by atoms with E-state index in [1.54, 1.807) is 7.11 Å². The van der Waals surface area contributed by atoms with Crippen LogP contribution >= 0.6 is 0 Å². The van der Waals surface area contributed by atoms with Crippen molar-refractivity contribution < 1.29 is 9.53 Å². The molecular formula is C25H37N3O2. The number of piperazine rings is 1. The number of benzene rings is 2. The van der Waals surface area contributed by atoms with Crippen molar-refractivity contribution in [3.8, 4) is 0 Å². The van der Waals surface area contributed by atoms with E-state index in [9.17, 15) is 4.79 Å². The van der Waals surface area contributed by atoms with Gasteiger partial charge in [-0.2, -0.15) is 0 Å². The SMILES string of the molecule is CC(C)c1cccc(N2CCNCC2=O)c1.COCCNc1cccc(C(C)C)c1. The molecule has 1 amide bonds. The number of ether oxygens (including phenoxy) is 1.